The lowest BCUT2D eigenvalue weighted by Crippen LogP contribution is -2.39. The quantitative estimate of drug-likeness (QED) is 0.551. The van der Waals surface area contributed by atoms with Gasteiger partial charge in [0.05, 0.1) is 17.4 Å². The Morgan fingerprint density at radius 3 is 2.66 bits per heavy atom. The predicted octanol–water partition coefficient (Wildman–Crippen LogP) is 4.25. The van der Waals surface area contributed by atoms with E-state index in [9.17, 15) is 4.79 Å². The third kappa shape index (κ3) is 4.90. The molecule has 166 valence electrons. The summed E-state index contributed by atoms with van der Waals surface area (Å²) < 4.78 is 2.26. The van der Waals surface area contributed by atoms with Gasteiger partial charge >= 0.3 is 0 Å². The molecule has 0 spiro atoms. The van der Waals surface area contributed by atoms with Crippen molar-refractivity contribution in [3.8, 4) is 0 Å². The molecule has 0 bridgehead atoms. The molecule has 0 saturated carbocycles. The molecule has 3 N–H and O–H groups in total. The van der Waals surface area contributed by atoms with Crippen molar-refractivity contribution in [2.24, 2.45) is 11.7 Å². The average molecular weight is 430 g/mol. The molecule has 2 aromatic heterocycles. The van der Waals surface area contributed by atoms with Crippen molar-refractivity contribution < 1.29 is 4.79 Å². The Morgan fingerprint density at radius 2 is 1.97 bits per heavy atom. The zero-order valence-electron chi connectivity index (χ0n) is 18.6. The van der Waals surface area contributed by atoms with Crippen LogP contribution in [0.15, 0.2) is 60.6 Å². The Balaban J connectivity index is 1.33. The normalized spacial score (nSPS) is 15.6. The number of carbonyl (C=O) groups excluding carboxylic acids is 1. The molecule has 6 heteroatoms. The van der Waals surface area contributed by atoms with Crippen LogP contribution in [0.2, 0.25) is 0 Å². The second-order valence-corrected chi connectivity index (χ2v) is 8.65. The van der Waals surface area contributed by atoms with E-state index in [2.05, 4.69) is 33.9 Å². The highest BCUT2D eigenvalue weighted by molar-refractivity contribution is 6.09. The molecule has 6 nitrogen and oxygen atoms in total. The minimum absolute atomic E-state index is 0.265. The van der Waals surface area contributed by atoms with Crippen molar-refractivity contribution in [3.05, 3.63) is 71.8 Å². The molecule has 3 aromatic rings. The van der Waals surface area contributed by atoms with Crippen LogP contribution in [-0.4, -0.2) is 39.7 Å². The van der Waals surface area contributed by atoms with Crippen LogP contribution in [0.5, 0.6) is 0 Å². The number of nitrogens with two attached hydrogens (primary N) is 1. The first kappa shape index (κ1) is 21.8. The number of likely N-dealkylation sites (tertiary alicyclic amines) is 1. The molecule has 1 amide bonds. The molecule has 1 aliphatic heterocycles. The number of amides is 1. The number of aromatic nitrogens is 2. The molecule has 32 heavy (non-hydrogen) atoms. The number of hydrogen-bond donors (Lipinski definition) is 2. The number of piperidine rings is 1. The standard InChI is InChI=1S/C26H31N5O/c1-19(28)23(16-27)24-15-22-11-14-31(25(22)17-29-24)18-21-9-12-30(13-10-21)26(32)8-7-20-5-3-2-4-6-20/h2-6,11,14-17,21,27H,7-10,12-13,18,28H2,1H3/b23-19+,27-16?. The van der Waals surface area contributed by atoms with Crippen molar-refractivity contribution in [3.63, 3.8) is 0 Å². The van der Waals surface area contributed by atoms with Crippen LogP contribution >= 0.6 is 0 Å². The Bertz CT molecular complexity index is 1120. The van der Waals surface area contributed by atoms with E-state index in [1.807, 2.05) is 35.4 Å². The first-order valence-corrected chi connectivity index (χ1v) is 11.3. The highest BCUT2D eigenvalue weighted by atomic mass is 16.2. The lowest BCUT2D eigenvalue weighted by atomic mass is 9.96. The number of nitrogens with zero attached hydrogens (tertiary/aromatic N) is 3. The molecule has 0 atom stereocenters. The van der Waals surface area contributed by atoms with Gasteiger partial charge in [-0.25, -0.2) is 0 Å². The number of hydrogen-bond acceptors (Lipinski definition) is 4. The van der Waals surface area contributed by atoms with Crippen LogP contribution in [0, 0.1) is 11.3 Å². The second kappa shape index (κ2) is 9.81. The molecule has 1 aliphatic rings. The summed E-state index contributed by atoms with van der Waals surface area (Å²) in [5.41, 5.74) is 10.2. The van der Waals surface area contributed by atoms with Crippen LogP contribution < -0.4 is 5.73 Å². The van der Waals surface area contributed by atoms with Gasteiger partial charge in [-0.2, -0.15) is 0 Å². The van der Waals surface area contributed by atoms with Crippen molar-refractivity contribution >= 4 is 28.6 Å². The van der Waals surface area contributed by atoms with E-state index in [1.165, 1.54) is 11.8 Å². The number of pyridine rings is 1. The van der Waals surface area contributed by atoms with Gasteiger partial charge in [0.15, 0.2) is 0 Å². The molecular formula is C26H31N5O. The number of allylic oxidation sites excluding steroid dienone is 2. The van der Waals surface area contributed by atoms with Crippen LogP contribution in [0.25, 0.3) is 16.5 Å². The van der Waals surface area contributed by atoms with Gasteiger partial charge in [0.25, 0.3) is 0 Å². The Morgan fingerprint density at radius 1 is 1.22 bits per heavy atom. The third-order valence-electron chi connectivity index (χ3n) is 6.40. The summed E-state index contributed by atoms with van der Waals surface area (Å²) in [5, 5.41) is 8.69. The van der Waals surface area contributed by atoms with Crippen LogP contribution in [0.3, 0.4) is 0 Å². The van der Waals surface area contributed by atoms with E-state index in [0.717, 1.165) is 55.5 Å². The van der Waals surface area contributed by atoms with Gasteiger partial charge in [-0.1, -0.05) is 30.3 Å². The van der Waals surface area contributed by atoms with Gasteiger partial charge in [-0.3, -0.25) is 9.78 Å². The molecule has 4 rings (SSSR count). The van der Waals surface area contributed by atoms with Gasteiger partial charge in [0.1, 0.15) is 0 Å². The summed E-state index contributed by atoms with van der Waals surface area (Å²) in [4.78, 5) is 19.2. The number of rotatable bonds is 7. The SMILES string of the molecule is C/C(N)=C(/C=N)c1cc2ccn(CC3CCN(C(=O)CCc4ccccc4)CC3)c2cn1. The lowest BCUT2D eigenvalue weighted by Gasteiger charge is -2.32. The number of aryl methyl sites for hydroxylation is 1. The molecule has 1 saturated heterocycles. The third-order valence-corrected chi connectivity index (χ3v) is 6.40. The Labute approximate surface area is 189 Å². The van der Waals surface area contributed by atoms with Gasteiger partial charge in [-0.15, -0.1) is 0 Å². The van der Waals surface area contributed by atoms with Gasteiger partial charge in [-0.05, 0) is 49.8 Å². The Kier molecular flexibility index (Phi) is 6.69. The van der Waals surface area contributed by atoms with Gasteiger partial charge in [0.2, 0.25) is 5.91 Å². The largest absolute Gasteiger partial charge is 0.402 e. The van der Waals surface area contributed by atoms with Gasteiger partial charge in [0, 0.05) is 55.1 Å². The summed E-state index contributed by atoms with van der Waals surface area (Å²) >= 11 is 0. The zero-order valence-corrected chi connectivity index (χ0v) is 18.6. The van der Waals surface area contributed by atoms with E-state index < -0.39 is 0 Å². The van der Waals surface area contributed by atoms with Gasteiger partial charge < -0.3 is 20.6 Å². The second-order valence-electron chi connectivity index (χ2n) is 8.65. The van der Waals surface area contributed by atoms with Crippen molar-refractivity contribution in [1.82, 2.24) is 14.5 Å². The molecule has 1 fully saturated rings. The fraction of sp³-hybridized carbons (Fsp3) is 0.346. The smallest absolute Gasteiger partial charge is 0.222 e. The van der Waals surface area contributed by atoms with E-state index in [0.29, 0.717) is 23.6 Å². The molecule has 1 aromatic carbocycles. The summed E-state index contributed by atoms with van der Waals surface area (Å²) in [7, 11) is 0. The summed E-state index contributed by atoms with van der Waals surface area (Å²) in [6.45, 7) is 4.39. The maximum Gasteiger partial charge on any atom is 0.222 e. The average Bonchev–Trinajstić information content (AvgIpc) is 3.21. The first-order chi connectivity index (χ1) is 15.5. The predicted molar refractivity (Wildman–Crippen MR) is 129 cm³/mol. The van der Waals surface area contributed by atoms with E-state index >= 15 is 0 Å². The lowest BCUT2D eigenvalue weighted by molar-refractivity contribution is -0.132. The van der Waals surface area contributed by atoms with Crippen molar-refractivity contribution in [2.45, 2.75) is 39.2 Å². The highest BCUT2D eigenvalue weighted by Gasteiger charge is 2.23. The maximum absolute atomic E-state index is 12.6. The van der Waals surface area contributed by atoms with Crippen LogP contribution in [0.4, 0.5) is 0 Å². The number of fused-ring (bicyclic) bond motifs is 1. The fourth-order valence-electron chi connectivity index (χ4n) is 4.48. The number of carbonyl (C=O) groups is 1. The van der Waals surface area contributed by atoms with Crippen molar-refractivity contribution in [2.75, 3.05) is 13.1 Å². The topological polar surface area (TPSA) is 88.0 Å². The van der Waals surface area contributed by atoms with E-state index in [4.69, 9.17) is 11.1 Å². The minimum atomic E-state index is 0.265. The summed E-state index contributed by atoms with van der Waals surface area (Å²) in [6, 6.07) is 14.3. The Hall–Kier alpha value is -3.41. The highest BCUT2D eigenvalue weighted by Crippen LogP contribution is 2.25. The maximum atomic E-state index is 12.6. The first-order valence-electron chi connectivity index (χ1n) is 11.3. The number of nitrogens with one attached hydrogen (secondary N) is 1. The summed E-state index contributed by atoms with van der Waals surface area (Å²) in [5.74, 6) is 0.812. The fourth-order valence-corrected chi connectivity index (χ4v) is 4.48. The minimum Gasteiger partial charge on any atom is -0.402 e. The van der Waals surface area contributed by atoms with E-state index in [1.54, 1.807) is 6.92 Å². The van der Waals surface area contributed by atoms with Crippen molar-refractivity contribution in [1.29, 1.82) is 5.41 Å². The van der Waals surface area contributed by atoms with E-state index in [-0.39, 0.29) is 5.91 Å². The number of benzene rings is 1. The monoisotopic (exact) mass is 429 g/mol. The molecule has 0 unspecified atom stereocenters. The molecule has 3 heterocycles. The molecular weight excluding hydrogens is 398 g/mol. The summed E-state index contributed by atoms with van der Waals surface area (Å²) in [6.07, 6.45) is 8.68. The molecule has 0 aliphatic carbocycles. The molecule has 0 radical (unpaired) electrons. The van der Waals surface area contributed by atoms with Crippen LogP contribution in [-0.2, 0) is 17.8 Å². The van der Waals surface area contributed by atoms with Crippen LogP contribution in [0.1, 0.15) is 37.4 Å². The zero-order chi connectivity index (χ0) is 22.5.